The van der Waals surface area contributed by atoms with E-state index in [0.29, 0.717) is 5.57 Å². The summed E-state index contributed by atoms with van der Waals surface area (Å²) in [4.78, 5) is 65.5. The maximum atomic E-state index is 13.7. The Balaban J connectivity index is 2.07. The fraction of sp³-hybridized carbons (Fsp3) is 0.359. The Kier molecular flexibility index (Phi) is 13.5. The average molecular weight is 688 g/mol. The number of amides is 1. The molecule has 11 heteroatoms. The number of carbonyl (C=O) groups is 5. The van der Waals surface area contributed by atoms with Crippen LogP contribution in [0.25, 0.3) is 5.76 Å². The summed E-state index contributed by atoms with van der Waals surface area (Å²) in [5.74, 6) is -7.27. The molecule has 11 nitrogen and oxygen atoms in total. The maximum Gasteiger partial charge on any atom is 0.253 e. The molecule has 4 bridgehead atoms. The van der Waals surface area contributed by atoms with Gasteiger partial charge in [-0.25, -0.2) is 0 Å². The summed E-state index contributed by atoms with van der Waals surface area (Å²) in [5.41, 5.74) is -1.36. The first-order chi connectivity index (χ1) is 23.5. The van der Waals surface area contributed by atoms with Crippen molar-refractivity contribution in [1.29, 1.82) is 0 Å². The summed E-state index contributed by atoms with van der Waals surface area (Å²) >= 11 is 0. The predicted molar refractivity (Wildman–Crippen MR) is 188 cm³/mol. The second-order valence-corrected chi connectivity index (χ2v) is 12.9. The highest BCUT2D eigenvalue weighted by Gasteiger charge is 2.39. The van der Waals surface area contributed by atoms with Gasteiger partial charge in [0.25, 0.3) is 5.78 Å². The number of carbonyl (C=O) groups excluding carboxylic acids is 5. The van der Waals surface area contributed by atoms with Crippen LogP contribution in [0, 0.1) is 24.7 Å². The number of aliphatic hydroxyl groups excluding tert-OH is 4. The molecule has 6 atom stereocenters. The van der Waals surface area contributed by atoms with E-state index in [1.807, 2.05) is 0 Å². The second-order valence-electron chi connectivity index (χ2n) is 12.9. The third kappa shape index (κ3) is 9.38. The highest BCUT2D eigenvalue weighted by molar-refractivity contribution is 6.53. The highest BCUT2D eigenvalue weighted by Crippen LogP contribution is 2.37. The molecular weight excluding hydrogens is 642 g/mol. The minimum Gasteiger partial charge on any atom is -0.507 e. The van der Waals surface area contributed by atoms with E-state index in [0.717, 1.165) is 6.08 Å². The van der Waals surface area contributed by atoms with Crippen LogP contribution in [0.2, 0.25) is 0 Å². The van der Waals surface area contributed by atoms with E-state index in [9.17, 15) is 49.5 Å². The molecule has 0 unspecified atom stereocenters. The smallest absolute Gasteiger partial charge is 0.253 e. The van der Waals surface area contributed by atoms with Crippen LogP contribution in [0.4, 0.5) is 0 Å². The lowest BCUT2D eigenvalue weighted by molar-refractivity contribution is -0.118. The van der Waals surface area contributed by atoms with Crippen LogP contribution >= 0.6 is 0 Å². The lowest BCUT2D eigenvalue weighted by Crippen LogP contribution is -2.35. The molecule has 3 aliphatic rings. The number of Topliss-reactive ketones (excluding diaryl/α,β-unsaturated/α-hetero) is 4. The number of nitrogens with one attached hydrogen (secondary N) is 1. The van der Waals surface area contributed by atoms with Crippen molar-refractivity contribution in [3.05, 3.63) is 106 Å². The number of aryl methyl sites for hydroxylation is 1. The van der Waals surface area contributed by atoms with Crippen molar-refractivity contribution in [3.63, 3.8) is 0 Å². The van der Waals surface area contributed by atoms with Crippen LogP contribution in [0.3, 0.4) is 0 Å². The van der Waals surface area contributed by atoms with Crippen molar-refractivity contribution in [3.8, 4) is 5.75 Å². The van der Waals surface area contributed by atoms with E-state index in [4.69, 9.17) is 0 Å². The van der Waals surface area contributed by atoms with E-state index in [1.165, 1.54) is 44.2 Å². The van der Waals surface area contributed by atoms with Crippen molar-refractivity contribution in [2.45, 2.75) is 72.7 Å². The number of hydrogen-bond acceptors (Lipinski definition) is 10. The lowest BCUT2D eigenvalue weighted by atomic mass is 9.82. The van der Waals surface area contributed by atoms with Gasteiger partial charge in [-0.15, -0.1) is 0 Å². The van der Waals surface area contributed by atoms with Gasteiger partial charge in [0, 0.05) is 35.8 Å². The van der Waals surface area contributed by atoms with Crippen LogP contribution in [-0.4, -0.2) is 72.9 Å². The van der Waals surface area contributed by atoms with Crippen LogP contribution < -0.4 is 5.32 Å². The molecule has 1 aromatic carbocycles. The Morgan fingerprint density at radius 1 is 0.720 bits per heavy atom. The first-order valence-corrected chi connectivity index (χ1v) is 16.3. The Hall–Kier alpha value is -4.97. The molecule has 1 amide bonds. The molecule has 6 N–H and O–H groups in total. The molecule has 0 saturated heterocycles. The second kappa shape index (κ2) is 17.1. The monoisotopic (exact) mass is 687 g/mol. The summed E-state index contributed by atoms with van der Waals surface area (Å²) < 4.78 is 0. The molecule has 2 aliphatic heterocycles. The quantitative estimate of drug-likeness (QED) is 0.167. The Bertz CT molecular complexity index is 1770. The zero-order valence-corrected chi connectivity index (χ0v) is 29.0. The first kappa shape index (κ1) is 39.5. The number of hydrogen-bond donors (Lipinski definition) is 6. The Morgan fingerprint density at radius 3 is 2.06 bits per heavy atom. The van der Waals surface area contributed by atoms with Gasteiger partial charge >= 0.3 is 0 Å². The Morgan fingerprint density at radius 2 is 1.38 bits per heavy atom. The number of rotatable bonds is 0. The average Bonchev–Trinajstić information content (AvgIpc) is 3.07. The van der Waals surface area contributed by atoms with Gasteiger partial charge in [-0.1, -0.05) is 75.5 Å². The normalized spacial score (nSPS) is 26.7. The summed E-state index contributed by atoms with van der Waals surface area (Å²) in [6, 6.07) is 1.23. The van der Waals surface area contributed by atoms with E-state index in [2.05, 4.69) is 5.32 Å². The standard InChI is InChI=1S/C39H45NO10/c1-20-11-9-7-8-10-12-30(44)40-33-37(48)27-18-25(6)36(47)32(31(27)38(49)39(33)50)35(46)24(5)17-23(4)34(45)22(3)14-16-26(41)15-13-21(2)29(43)19-28(20)42/h7-14,16-18,20,22-23,26,28,34,41-42,45,47-48H,15,19H2,1-6H3,(H,40,44)/t20-,22-,23-,26+,28-,34-/m0/s1. The Labute approximate surface area is 291 Å². The predicted octanol–water partition coefficient (Wildman–Crippen LogP) is 4.46. The SMILES string of the molecule is CC1=CC[C@@H](O)C=C[C@H](C)[C@H](O)[C@@H](C)C=C(C)C(=O)c2c(O)c(C)cc3c2C(=O)C(=O)C(=C3O)NC(=O)C=CC=CC=C[C@H](C)[C@@H](O)CC1=O. The van der Waals surface area contributed by atoms with Crippen molar-refractivity contribution in [2.75, 3.05) is 0 Å². The molecule has 1 aromatic rings. The molecule has 0 radical (unpaired) electrons. The third-order valence-corrected chi connectivity index (χ3v) is 8.81. The van der Waals surface area contributed by atoms with Gasteiger partial charge in [0.1, 0.15) is 11.4 Å². The van der Waals surface area contributed by atoms with Gasteiger partial charge in [-0.3, -0.25) is 24.0 Å². The number of phenols is 1. The lowest BCUT2D eigenvalue weighted by Gasteiger charge is -2.23. The summed E-state index contributed by atoms with van der Waals surface area (Å²) in [6.07, 6.45) is 11.9. The van der Waals surface area contributed by atoms with Crippen LogP contribution in [0.5, 0.6) is 5.75 Å². The molecule has 1 aliphatic carbocycles. The number of phenolic OH excluding ortho intramolecular Hbond substituents is 1. The summed E-state index contributed by atoms with van der Waals surface area (Å²) in [5, 5.41) is 56.2. The summed E-state index contributed by atoms with van der Waals surface area (Å²) in [7, 11) is 0. The van der Waals surface area contributed by atoms with Crippen LogP contribution in [0.1, 0.15) is 79.3 Å². The fourth-order valence-corrected chi connectivity index (χ4v) is 5.53. The number of ketones is 4. The molecule has 0 spiro atoms. The molecule has 2 heterocycles. The van der Waals surface area contributed by atoms with Gasteiger partial charge in [0.2, 0.25) is 11.7 Å². The zero-order chi connectivity index (χ0) is 37.4. The van der Waals surface area contributed by atoms with Crippen LogP contribution in [-0.2, 0) is 14.4 Å². The number of aromatic hydroxyl groups is 1. The van der Waals surface area contributed by atoms with Crippen LogP contribution in [0.15, 0.2) is 83.7 Å². The van der Waals surface area contributed by atoms with Gasteiger partial charge in [-0.2, -0.15) is 0 Å². The fourth-order valence-electron chi connectivity index (χ4n) is 5.53. The topological polar surface area (TPSA) is 199 Å². The van der Waals surface area contributed by atoms with E-state index < -0.39 is 87.7 Å². The first-order valence-electron chi connectivity index (χ1n) is 16.3. The zero-order valence-electron chi connectivity index (χ0n) is 29.0. The van der Waals surface area contributed by atoms with Crippen molar-refractivity contribution in [1.82, 2.24) is 5.32 Å². The number of benzene rings is 1. The van der Waals surface area contributed by atoms with Gasteiger partial charge in [0.15, 0.2) is 17.3 Å². The minimum absolute atomic E-state index is 0.0421. The van der Waals surface area contributed by atoms with E-state index in [1.54, 1.807) is 58.1 Å². The van der Waals surface area contributed by atoms with E-state index in [-0.39, 0.29) is 35.3 Å². The molecule has 50 heavy (non-hydrogen) atoms. The molecular formula is C39H45NO10. The summed E-state index contributed by atoms with van der Waals surface area (Å²) in [6.45, 7) is 9.57. The van der Waals surface area contributed by atoms with Crippen molar-refractivity contribution in [2.24, 2.45) is 17.8 Å². The number of aliphatic hydroxyl groups is 4. The van der Waals surface area contributed by atoms with Crippen molar-refractivity contribution < 1.29 is 49.5 Å². The van der Waals surface area contributed by atoms with E-state index >= 15 is 0 Å². The molecule has 0 saturated carbocycles. The van der Waals surface area contributed by atoms with Crippen molar-refractivity contribution >= 4 is 34.8 Å². The van der Waals surface area contributed by atoms with Gasteiger partial charge in [0.05, 0.1) is 29.4 Å². The van der Waals surface area contributed by atoms with Gasteiger partial charge < -0.3 is 30.8 Å². The third-order valence-electron chi connectivity index (χ3n) is 8.81. The maximum absolute atomic E-state index is 13.7. The molecule has 0 aromatic heterocycles. The highest BCUT2D eigenvalue weighted by atomic mass is 16.3. The number of allylic oxidation sites excluding steroid dienone is 7. The molecule has 0 fully saturated rings. The minimum atomic E-state index is -1.29. The number of fused-ring (bicyclic) bond motifs is 18. The molecule has 4 rings (SSSR count). The van der Waals surface area contributed by atoms with Gasteiger partial charge in [-0.05, 0) is 50.0 Å². The largest absolute Gasteiger partial charge is 0.507 e. The molecule has 266 valence electrons.